The van der Waals surface area contributed by atoms with E-state index in [0.29, 0.717) is 34.1 Å². The minimum Gasteiger partial charge on any atom is -0.493 e. The lowest BCUT2D eigenvalue weighted by Gasteiger charge is -2.14. The van der Waals surface area contributed by atoms with Crippen LogP contribution in [0.25, 0.3) is 0 Å². The van der Waals surface area contributed by atoms with Gasteiger partial charge in [-0.05, 0) is 39.0 Å². The first-order valence-electron chi connectivity index (χ1n) is 8.66. The van der Waals surface area contributed by atoms with Crippen LogP contribution in [0.3, 0.4) is 0 Å². The predicted octanol–water partition coefficient (Wildman–Crippen LogP) is 2.98. The highest BCUT2D eigenvalue weighted by molar-refractivity contribution is 6.00. The molecule has 0 fully saturated rings. The molecular formula is C19H25N3O5. The number of amides is 2. The Morgan fingerprint density at radius 1 is 1.07 bits per heavy atom. The van der Waals surface area contributed by atoms with Crippen molar-refractivity contribution < 1.29 is 23.6 Å². The summed E-state index contributed by atoms with van der Waals surface area (Å²) in [6.07, 6.45) is -0.0279. The van der Waals surface area contributed by atoms with Crippen molar-refractivity contribution in [3.05, 3.63) is 40.8 Å². The van der Waals surface area contributed by atoms with Gasteiger partial charge in [-0.2, -0.15) is 0 Å². The molecule has 0 spiro atoms. The van der Waals surface area contributed by atoms with Crippen LogP contribution in [0.5, 0.6) is 11.5 Å². The van der Waals surface area contributed by atoms with Crippen LogP contribution >= 0.6 is 0 Å². The Morgan fingerprint density at radius 2 is 1.74 bits per heavy atom. The van der Waals surface area contributed by atoms with Crippen LogP contribution in [0, 0.1) is 6.92 Å². The van der Waals surface area contributed by atoms with Crippen LogP contribution in [0.1, 0.15) is 65.8 Å². The minimum absolute atomic E-state index is 0.0135. The lowest BCUT2D eigenvalue weighted by Crippen LogP contribution is -2.42. The van der Waals surface area contributed by atoms with E-state index in [1.807, 2.05) is 27.7 Å². The van der Waals surface area contributed by atoms with Gasteiger partial charge in [0.15, 0.2) is 17.3 Å². The molecule has 0 aliphatic heterocycles. The van der Waals surface area contributed by atoms with Crippen molar-refractivity contribution >= 4 is 11.8 Å². The van der Waals surface area contributed by atoms with E-state index in [4.69, 9.17) is 14.0 Å². The third-order valence-electron chi connectivity index (χ3n) is 3.72. The lowest BCUT2D eigenvalue weighted by atomic mass is 10.0. The van der Waals surface area contributed by atoms with Gasteiger partial charge < -0.3 is 14.0 Å². The van der Waals surface area contributed by atoms with Gasteiger partial charge in [-0.25, -0.2) is 0 Å². The van der Waals surface area contributed by atoms with E-state index in [1.165, 1.54) is 7.11 Å². The summed E-state index contributed by atoms with van der Waals surface area (Å²) >= 11 is 0. The molecule has 0 aliphatic rings. The molecule has 0 saturated heterocycles. The summed E-state index contributed by atoms with van der Waals surface area (Å²) in [6.45, 7) is 9.25. The average Bonchev–Trinajstić information content (AvgIpc) is 3.01. The summed E-state index contributed by atoms with van der Waals surface area (Å²) in [6, 6.07) is 4.78. The highest BCUT2D eigenvalue weighted by Gasteiger charge is 2.23. The molecule has 1 aromatic carbocycles. The molecule has 8 nitrogen and oxygen atoms in total. The van der Waals surface area contributed by atoms with Gasteiger partial charge in [0.25, 0.3) is 11.8 Å². The van der Waals surface area contributed by atoms with Gasteiger partial charge >= 0.3 is 0 Å². The lowest BCUT2D eigenvalue weighted by molar-refractivity contribution is 0.0844. The normalized spacial score (nSPS) is 10.8. The second-order valence-corrected chi connectivity index (χ2v) is 6.60. The van der Waals surface area contributed by atoms with Gasteiger partial charge in [-0.1, -0.05) is 19.0 Å². The second-order valence-electron chi connectivity index (χ2n) is 6.60. The molecule has 2 aromatic rings. The van der Waals surface area contributed by atoms with Crippen molar-refractivity contribution in [3.63, 3.8) is 0 Å². The largest absolute Gasteiger partial charge is 0.493 e. The van der Waals surface area contributed by atoms with E-state index in [9.17, 15) is 9.59 Å². The van der Waals surface area contributed by atoms with Crippen LogP contribution in [0.2, 0.25) is 0 Å². The van der Waals surface area contributed by atoms with Gasteiger partial charge in [-0.15, -0.1) is 0 Å². The van der Waals surface area contributed by atoms with Crippen molar-refractivity contribution in [3.8, 4) is 11.5 Å². The number of nitrogens with one attached hydrogen (secondary N) is 2. The Kier molecular flexibility index (Phi) is 6.44. The van der Waals surface area contributed by atoms with E-state index in [0.717, 1.165) is 0 Å². The molecule has 27 heavy (non-hydrogen) atoms. The molecule has 0 atom stereocenters. The first-order chi connectivity index (χ1) is 12.7. The fraction of sp³-hybridized carbons (Fsp3) is 0.421. The van der Waals surface area contributed by atoms with E-state index in [2.05, 4.69) is 16.0 Å². The number of carbonyl (C=O) groups excluding carboxylic acids is 2. The number of aromatic nitrogens is 1. The van der Waals surface area contributed by atoms with Crippen LogP contribution in [-0.2, 0) is 0 Å². The number of hydrogen-bond donors (Lipinski definition) is 2. The summed E-state index contributed by atoms with van der Waals surface area (Å²) in [4.78, 5) is 24.8. The van der Waals surface area contributed by atoms with Gasteiger partial charge in [0.2, 0.25) is 0 Å². The maximum absolute atomic E-state index is 12.4. The first kappa shape index (κ1) is 20.3. The minimum atomic E-state index is -0.488. The molecule has 146 valence electrons. The number of methoxy groups -OCH3 is 1. The number of ether oxygens (including phenoxy) is 2. The third-order valence-corrected chi connectivity index (χ3v) is 3.72. The van der Waals surface area contributed by atoms with E-state index in [-0.39, 0.29) is 12.0 Å². The van der Waals surface area contributed by atoms with E-state index < -0.39 is 11.8 Å². The Labute approximate surface area is 158 Å². The maximum Gasteiger partial charge on any atom is 0.275 e. The van der Waals surface area contributed by atoms with Crippen LogP contribution in [0.4, 0.5) is 0 Å². The van der Waals surface area contributed by atoms with Gasteiger partial charge in [0.05, 0.1) is 18.9 Å². The van der Waals surface area contributed by atoms with Crippen molar-refractivity contribution in [2.24, 2.45) is 0 Å². The van der Waals surface area contributed by atoms with Crippen molar-refractivity contribution in [1.82, 2.24) is 16.0 Å². The topological polar surface area (TPSA) is 103 Å². The Bertz CT molecular complexity index is 827. The molecule has 0 saturated carbocycles. The summed E-state index contributed by atoms with van der Waals surface area (Å²) in [5.41, 5.74) is 5.88. The number of rotatable bonds is 6. The molecule has 0 radical (unpaired) electrons. The van der Waals surface area contributed by atoms with Crippen molar-refractivity contribution in [2.45, 2.75) is 46.6 Å². The predicted molar refractivity (Wildman–Crippen MR) is 99.0 cm³/mol. The van der Waals surface area contributed by atoms with Crippen LogP contribution in [-0.4, -0.2) is 30.2 Å². The molecular weight excluding hydrogens is 350 g/mol. The molecule has 2 amide bonds. The summed E-state index contributed by atoms with van der Waals surface area (Å²) < 4.78 is 16.1. The van der Waals surface area contributed by atoms with E-state index >= 15 is 0 Å². The monoisotopic (exact) mass is 375 g/mol. The maximum atomic E-state index is 12.4. The molecule has 1 heterocycles. The first-order valence-corrected chi connectivity index (χ1v) is 8.66. The van der Waals surface area contributed by atoms with Crippen molar-refractivity contribution in [2.75, 3.05) is 7.11 Å². The molecule has 2 rings (SSSR count). The molecule has 0 unspecified atom stereocenters. The summed E-state index contributed by atoms with van der Waals surface area (Å²) in [5.74, 6) is 0.446. The quantitative estimate of drug-likeness (QED) is 0.753. The zero-order chi connectivity index (χ0) is 20.1. The summed E-state index contributed by atoms with van der Waals surface area (Å²) in [7, 11) is 1.49. The second kappa shape index (κ2) is 8.57. The van der Waals surface area contributed by atoms with Crippen LogP contribution < -0.4 is 20.3 Å². The number of hydrazine groups is 1. The zero-order valence-corrected chi connectivity index (χ0v) is 16.4. The smallest absolute Gasteiger partial charge is 0.275 e. The molecule has 2 N–H and O–H groups in total. The molecule has 0 bridgehead atoms. The molecule has 8 heteroatoms. The Balaban J connectivity index is 2.10. The van der Waals surface area contributed by atoms with Gasteiger partial charge in [-0.3, -0.25) is 20.4 Å². The van der Waals surface area contributed by atoms with Gasteiger partial charge in [0.1, 0.15) is 5.56 Å². The number of hydrogen-bond acceptors (Lipinski definition) is 6. The van der Waals surface area contributed by atoms with Crippen molar-refractivity contribution in [1.29, 1.82) is 0 Å². The molecule has 0 aliphatic carbocycles. The SMILES string of the molecule is COc1cc(C(=O)NNC(=O)c2c(C)noc2C(C)C)ccc1OC(C)C. The standard InChI is InChI=1S/C19H25N3O5/c1-10(2)17-16(12(5)22-27-17)19(24)21-20-18(23)13-7-8-14(26-11(3)4)15(9-13)25-6/h7-11H,1-6H3,(H,20,23)(H,21,24). The fourth-order valence-electron chi connectivity index (χ4n) is 2.47. The fourth-order valence-corrected chi connectivity index (χ4v) is 2.47. The highest BCUT2D eigenvalue weighted by atomic mass is 16.5. The average molecular weight is 375 g/mol. The van der Waals surface area contributed by atoms with E-state index in [1.54, 1.807) is 25.1 Å². The Hall–Kier alpha value is -3.03. The Morgan fingerprint density at radius 3 is 2.33 bits per heavy atom. The summed E-state index contributed by atoms with van der Waals surface area (Å²) in [5, 5.41) is 3.82. The van der Waals surface area contributed by atoms with Crippen LogP contribution in [0.15, 0.2) is 22.7 Å². The highest BCUT2D eigenvalue weighted by Crippen LogP contribution is 2.29. The third kappa shape index (κ3) is 4.78. The molecule has 1 aromatic heterocycles. The zero-order valence-electron chi connectivity index (χ0n) is 16.4. The number of nitrogens with zero attached hydrogens (tertiary/aromatic N) is 1. The van der Waals surface area contributed by atoms with Gasteiger partial charge in [0, 0.05) is 11.5 Å². The number of aryl methyl sites for hydroxylation is 1. The number of carbonyl (C=O) groups is 2. The number of benzene rings is 1.